The van der Waals surface area contributed by atoms with E-state index in [1.807, 2.05) is 50.3 Å². The topological polar surface area (TPSA) is 20.2 Å². The number of hydrogen-bond donors (Lipinski definition) is 1. The third kappa shape index (κ3) is 4.10. The van der Waals surface area contributed by atoms with Crippen LogP contribution >= 0.6 is 0 Å². The first-order valence-corrected chi connectivity index (χ1v) is 5.96. The fourth-order valence-electron chi connectivity index (χ4n) is 1.39. The number of benzene rings is 1. The van der Waals surface area contributed by atoms with Gasteiger partial charge in [0.15, 0.2) is 0 Å². The zero-order valence-electron chi connectivity index (χ0n) is 11.4. The minimum Gasteiger partial charge on any atom is -0.508 e. The second-order valence-electron chi connectivity index (χ2n) is 5.50. The van der Waals surface area contributed by atoms with Crippen LogP contribution in [0.4, 0.5) is 0 Å². The molecule has 1 aromatic carbocycles. The maximum Gasteiger partial charge on any atom is 0.116 e. The number of aryl methyl sites for hydroxylation is 1. The Morgan fingerprint density at radius 2 is 1.76 bits per heavy atom. The van der Waals surface area contributed by atoms with E-state index in [1.165, 1.54) is 11.1 Å². The van der Waals surface area contributed by atoms with Crippen LogP contribution in [0.2, 0.25) is 0 Å². The molecule has 0 spiro atoms. The number of aliphatic hydroxyl groups is 1. The molecule has 0 saturated heterocycles. The summed E-state index contributed by atoms with van der Waals surface area (Å²) in [7, 11) is 0. The van der Waals surface area contributed by atoms with Gasteiger partial charge in [-0.3, -0.25) is 0 Å². The molecule has 17 heavy (non-hydrogen) atoms. The van der Waals surface area contributed by atoms with Crippen molar-refractivity contribution in [2.24, 2.45) is 5.41 Å². The molecule has 0 heterocycles. The molecule has 1 N–H and O–H groups in total. The minimum absolute atomic E-state index is 0.0908. The zero-order chi connectivity index (χ0) is 13.1. The first-order chi connectivity index (χ1) is 7.80. The monoisotopic (exact) mass is 230 g/mol. The van der Waals surface area contributed by atoms with Crippen molar-refractivity contribution >= 4 is 6.08 Å². The van der Waals surface area contributed by atoms with Gasteiger partial charge in [0.25, 0.3) is 0 Å². The molecule has 0 saturated carbocycles. The smallest absolute Gasteiger partial charge is 0.116 e. The van der Waals surface area contributed by atoms with Crippen molar-refractivity contribution in [1.82, 2.24) is 0 Å². The van der Waals surface area contributed by atoms with Gasteiger partial charge in [-0.15, -0.1) is 0 Å². The van der Waals surface area contributed by atoms with Gasteiger partial charge in [-0.25, -0.2) is 0 Å². The number of rotatable bonds is 2. The highest BCUT2D eigenvalue weighted by atomic mass is 16.3. The Hall–Kier alpha value is -1.50. The summed E-state index contributed by atoms with van der Waals surface area (Å²) < 4.78 is 0. The number of allylic oxidation sites excluding steroid dienone is 2. The predicted octanol–water partition coefficient (Wildman–Crippen LogP) is 4.89. The molecule has 0 aliphatic heterocycles. The van der Waals surface area contributed by atoms with Crippen molar-refractivity contribution in [3.05, 3.63) is 52.8 Å². The molecule has 0 unspecified atom stereocenters. The highest BCUT2D eigenvalue weighted by molar-refractivity contribution is 5.57. The largest absolute Gasteiger partial charge is 0.508 e. The van der Waals surface area contributed by atoms with Crippen LogP contribution in [-0.4, -0.2) is 5.11 Å². The lowest BCUT2D eigenvalue weighted by molar-refractivity contribution is 0.430. The summed E-state index contributed by atoms with van der Waals surface area (Å²) in [6.45, 7) is 10.5. The van der Waals surface area contributed by atoms with Crippen LogP contribution in [0.1, 0.15) is 38.8 Å². The Bertz CT molecular complexity index is 445. The third-order valence-corrected chi connectivity index (χ3v) is 3.04. The van der Waals surface area contributed by atoms with Crippen LogP contribution in [0.3, 0.4) is 0 Å². The van der Waals surface area contributed by atoms with Crippen molar-refractivity contribution in [2.45, 2.75) is 34.6 Å². The molecule has 1 rings (SSSR count). The van der Waals surface area contributed by atoms with E-state index in [2.05, 4.69) is 20.8 Å². The maximum atomic E-state index is 9.95. The van der Waals surface area contributed by atoms with E-state index in [9.17, 15) is 5.11 Å². The molecule has 0 amide bonds. The summed E-state index contributed by atoms with van der Waals surface area (Å²) in [4.78, 5) is 0. The lowest BCUT2D eigenvalue weighted by Gasteiger charge is -2.19. The molecule has 0 fully saturated rings. The van der Waals surface area contributed by atoms with E-state index < -0.39 is 0 Å². The lowest BCUT2D eigenvalue weighted by atomic mass is 9.87. The Kier molecular flexibility index (Phi) is 4.17. The SMILES string of the molecule is C/C(=C\C(O)=C/c1ccccc1C)C(C)(C)C. The maximum absolute atomic E-state index is 9.95. The summed E-state index contributed by atoms with van der Waals surface area (Å²) in [6, 6.07) is 8.03. The van der Waals surface area contributed by atoms with E-state index in [0.29, 0.717) is 5.76 Å². The summed E-state index contributed by atoms with van der Waals surface area (Å²) in [5.41, 5.74) is 3.48. The van der Waals surface area contributed by atoms with Crippen LogP contribution in [-0.2, 0) is 0 Å². The van der Waals surface area contributed by atoms with Crippen LogP contribution in [0, 0.1) is 12.3 Å². The third-order valence-electron chi connectivity index (χ3n) is 3.04. The predicted molar refractivity (Wildman–Crippen MR) is 75.0 cm³/mol. The van der Waals surface area contributed by atoms with E-state index >= 15 is 0 Å². The number of aliphatic hydroxyl groups excluding tert-OH is 1. The van der Waals surface area contributed by atoms with Crippen molar-refractivity contribution in [1.29, 1.82) is 0 Å². The molecule has 1 aromatic rings. The molecule has 0 bridgehead atoms. The molecular weight excluding hydrogens is 208 g/mol. The molecule has 0 aliphatic rings. The van der Waals surface area contributed by atoms with Crippen LogP contribution < -0.4 is 0 Å². The van der Waals surface area contributed by atoms with Gasteiger partial charge in [0, 0.05) is 0 Å². The second-order valence-corrected chi connectivity index (χ2v) is 5.50. The Morgan fingerprint density at radius 3 is 2.29 bits per heavy atom. The molecule has 0 radical (unpaired) electrons. The van der Waals surface area contributed by atoms with Gasteiger partial charge in [-0.05, 0) is 42.5 Å². The molecule has 92 valence electrons. The zero-order valence-corrected chi connectivity index (χ0v) is 11.4. The Morgan fingerprint density at radius 1 is 1.18 bits per heavy atom. The lowest BCUT2D eigenvalue weighted by Crippen LogP contribution is -2.06. The molecular formula is C16H22O. The molecule has 0 aliphatic carbocycles. The average Bonchev–Trinajstić information content (AvgIpc) is 2.20. The van der Waals surface area contributed by atoms with Gasteiger partial charge in [0.2, 0.25) is 0 Å². The average molecular weight is 230 g/mol. The van der Waals surface area contributed by atoms with Crippen LogP contribution in [0.25, 0.3) is 6.08 Å². The molecule has 1 nitrogen and oxygen atoms in total. The minimum atomic E-state index is 0.0908. The summed E-state index contributed by atoms with van der Waals surface area (Å²) >= 11 is 0. The van der Waals surface area contributed by atoms with Crippen molar-refractivity contribution in [2.75, 3.05) is 0 Å². The second kappa shape index (κ2) is 5.22. The fraction of sp³-hybridized carbons (Fsp3) is 0.375. The van der Waals surface area contributed by atoms with Gasteiger partial charge in [0.1, 0.15) is 5.76 Å². The van der Waals surface area contributed by atoms with Gasteiger partial charge in [-0.2, -0.15) is 0 Å². The summed E-state index contributed by atoms with van der Waals surface area (Å²) in [5.74, 6) is 0.312. The summed E-state index contributed by atoms with van der Waals surface area (Å²) in [6.07, 6.45) is 3.65. The van der Waals surface area contributed by atoms with Crippen molar-refractivity contribution in [3.63, 3.8) is 0 Å². The first-order valence-electron chi connectivity index (χ1n) is 5.96. The fourth-order valence-corrected chi connectivity index (χ4v) is 1.39. The van der Waals surface area contributed by atoms with Crippen molar-refractivity contribution in [3.8, 4) is 0 Å². The molecule has 0 aromatic heterocycles. The van der Waals surface area contributed by atoms with E-state index in [4.69, 9.17) is 0 Å². The van der Waals surface area contributed by atoms with Crippen LogP contribution in [0.5, 0.6) is 0 Å². The van der Waals surface area contributed by atoms with Gasteiger partial charge in [0.05, 0.1) is 0 Å². The van der Waals surface area contributed by atoms with Gasteiger partial charge < -0.3 is 5.11 Å². The van der Waals surface area contributed by atoms with Gasteiger partial charge >= 0.3 is 0 Å². The van der Waals surface area contributed by atoms with E-state index in [-0.39, 0.29) is 5.41 Å². The standard InChI is InChI=1S/C16H22O/c1-12-8-6-7-9-14(12)11-15(17)10-13(2)16(3,4)5/h6-11,17H,1-5H3/b13-10+,15-11+. The highest BCUT2D eigenvalue weighted by Gasteiger charge is 2.12. The normalized spacial score (nSPS) is 13.9. The number of hydrogen-bond acceptors (Lipinski definition) is 1. The quantitative estimate of drug-likeness (QED) is 0.566. The van der Waals surface area contributed by atoms with E-state index in [0.717, 1.165) is 5.56 Å². The van der Waals surface area contributed by atoms with Crippen molar-refractivity contribution < 1.29 is 5.11 Å². The first kappa shape index (κ1) is 13.6. The molecule has 0 atom stereocenters. The van der Waals surface area contributed by atoms with Crippen LogP contribution in [0.15, 0.2) is 41.7 Å². The highest BCUT2D eigenvalue weighted by Crippen LogP contribution is 2.25. The van der Waals surface area contributed by atoms with Gasteiger partial charge in [-0.1, -0.05) is 50.6 Å². The Balaban J connectivity index is 2.99. The van der Waals surface area contributed by atoms with E-state index in [1.54, 1.807) is 0 Å². The summed E-state index contributed by atoms with van der Waals surface area (Å²) in [5, 5.41) is 9.95. The molecule has 1 heteroatoms. The Labute approximate surface area is 104 Å².